The summed E-state index contributed by atoms with van der Waals surface area (Å²) in [6.45, 7) is 1.37. The molecule has 7 nitrogen and oxygen atoms in total. The highest BCUT2D eigenvalue weighted by atomic mass is 79.9. The standard InChI is InChI=1S/C15H13BrN2O5S/c1-10(19)17(2)13-7-11(16)8-15(9-13)24(22,23)14-5-3-12(4-6-14)18(20)21/h3-9H,1-2H3. The lowest BCUT2D eigenvalue weighted by Crippen LogP contribution is -2.23. The van der Waals surface area contributed by atoms with Crippen molar-refractivity contribution in [1.82, 2.24) is 0 Å². The molecular weight excluding hydrogens is 400 g/mol. The fourth-order valence-electron chi connectivity index (χ4n) is 1.96. The smallest absolute Gasteiger partial charge is 0.269 e. The molecule has 0 spiro atoms. The number of sulfone groups is 1. The number of benzene rings is 2. The van der Waals surface area contributed by atoms with Crippen LogP contribution in [-0.2, 0) is 14.6 Å². The van der Waals surface area contributed by atoms with Crippen LogP contribution >= 0.6 is 15.9 Å². The predicted molar refractivity (Wildman–Crippen MR) is 91.8 cm³/mol. The van der Waals surface area contributed by atoms with E-state index in [2.05, 4.69) is 15.9 Å². The van der Waals surface area contributed by atoms with Crippen molar-refractivity contribution in [3.63, 3.8) is 0 Å². The number of hydrogen-bond donors (Lipinski definition) is 0. The number of anilines is 1. The van der Waals surface area contributed by atoms with E-state index < -0.39 is 14.8 Å². The summed E-state index contributed by atoms with van der Waals surface area (Å²) in [7, 11) is -2.34. The minimum absolute atomic E-state index is 0.0196. The fourth-order valence-corrected chi connectivity index (χ4v) is 3.92. The Morgan fingerprint density at radius 1 is 1.12 bits per heavy atom. The second kappa shape index (κ2) is 6.70. The molecule has 0 aliphatic heterocycles. The van der Waals surface area contributed by atoms with Crippen LogP contribution in [-0.4, -0.2) is 26.3 Å². The number of nitrogens with zero attached hydrogens (tertiary/aromatic N) is 2. The van der Waals surface area contributed by atoms with Crippen molar-refractivity contribution in [2.45, 2.75) is 16.7 Å². The second-order valence-electron chi connectivity index (χ2n) is 4.98. The molecule has 9 heteroatoms. The van der Waals surface area contributed by atoms with Crippen LogP contribution in [0.5, 0.6) is 0 Å². The highest BCUT2D eigenvalue weighted by Gasteiger charge is 2.21. The Kier molecular flexibility index (Phi) is 5.05. The van der Waals surface area contributed by atoms with E-state index in [1.54, 1.807) is 6.07 Å². The normalized spacial score (nSPS) is 11.1. The summed E-state index contributed by atoms with van der Waals surface area (Å²) in [6, 6.07) is 9.04. The number of nitro benzene ring substituents is 1. The summed E-state index contributed by atoms with van der Waals surface area (Å²) in [4.78, 5) is 22.8. The van der Waals surface area contributed by atoms with Crippen molar-refractivity contribution in [3.05, 3.63) is 57.1 Å². The lowest BCUT2D eigenvalue weighted by atomic mass is 10.3. The lowest BCUT2D eigenvalue weighted by Gasteiger charge is -2.16. The monoisotopic (exact) mass is 412 g/mol. The van der Waals surface area contributed by atoms with Crippen LogP contribution in [0.25, 0.3) is 0 Å². The molecule has 0 aromatic heterocycles. The van der Waals surface area contributed by atoms with Gasteiger partial charge in [-0.25, -0.2) is 8.42 Å². The largest absolute Gasteiger partial charge is 0.316 e. The molecule has 0 atom stereocenters. The Hall–Kier alpha value is -2.26. The summed E-state index contributed by atoms with van der Waals surface area (Å²) in [5.41, 5.74) is 0.220. The van der Waals surface area contributed by atoms with Gasteiger partial charge in [-0.3, -0.25) is 14.9 Å². The predicted octanol–water partition coefficient (Wildman–Crippen LogP) is 3.17. The quantitative estimate of drug-likeness (QED) is 0.567. The van der Waals surface area contributed by atoms with Crippen LogP contribution in [0.15, 0.2) is 56.7 Å². The van der Waals surface area contributed by atoms with Crippen LogP contribution < -0.4 is 4.90 Å². The maximum atomic E-state index is 12.7. The van der Waals surface area contributed by atoms with Gasteiger partial charge in [0.1, 0.15) is 0 Å². The third-order valence-corrected chi connectivity index (χ3v) is 5.59. The van der Waals surface area contributed by atoms with E-state index in [-0.39, 0.29) is 21.4 Å². The molecule has 24 heavy (non-hydrogen) atoms. The van der Waals surface area contributed by atoms with Gasteiger partial charge in [0, 0.05) is 36.3 Å². The third-order valence-electron chi connectivity index (χ3n) is 3.38. The number of carbonyl (C=O) groups excluding carboxylic acids is 1. The zero-order valence-corrected chi connectivity index (χ0v) is 15.2. The summed E-state index contributed by atoms with van der Waals surface area (Å²) in [5, 5.41) is 10.7. The molecule has 2 rings (SSSR count). The molecule has 0 aliphatic carbocycles. The topological polar surface area (TPSA) is 97.6 Å². The van der Waals surface area contributed by atoms with Gasteiger partial charge in [0.2, 0.25) is 15.7 Å². The molecule has 0 saturated carbocycles. The molecule has 0 saturated heterocycles. The Morgan fingerprint density at radius 3 is 2.21 bits per heavy atom. The van der Waals surface area contributed by atoms with E-state index in [1.165, 1.54) is 43.1 Å². The average molecular weight is 413 g/mol. The first kappa shape index (κ1) is 18.1. The first-order valence-electron chi connectivity index (χ1n) is 6.67. The number of rotatable bonds is 4. The average Bonchev–Trinajstić information content (AvgIpc) is 2.53. The van der Waals surface area contributed by atoms with E-state index in [9.17, 15) is 23.3 Å². The van der Waals surface area contributed by atoms with Gasteiger partial charge in [-0.05, 0) is 30.3 Å². The molecule has 2 aromatic carbocycles. The molecule has 2 aromatic rings. The number of non-ortho nitro benzene ring substituents is 1. The minimum Gasteiger partial charge on any atom is -0.316 e. The summed E-state index contributed by atoms with van der Waals surface area (Å²) in [6.07, 6.45) is 0. The van der Waals surface area contributed by atoms with Crippen molar-refractivity contribution < 1.29 is 18.1 Å². The first-order valence-corrected chi connectivity index (χ1v) is 8.95. The van der Waals surface area contributed by atoms with E-state index in [1.807, 2.05) is 0 Å². The summed E-state index contributed by atoms with van der Waals surface area (Å²) in [5.74, 6) is -0.244. The molecule has 1 amide bonds. The number of hydrogen-bond acceptors (Lipinski definition) is 5. The molecule has 0 radical (unpaired) electrons. The van der Waals surface area contributed by atoms with Crippen molar-refractivity contribution in [2.75, 3.05) is 11.9 Å². The Morgan fingerprint density at radius 2 is 1.71 bits per heavy atom. The van der Waals surface area contributed by atoms with E-state index >= 15 is 0 Å². The van der Waals surface area contributed by atoms with E-state index in [0.29, 0.717) is 10.2 Å². The summed E-state index contributed by atoms with van der Waals surface area (Å²) >= 11 is 3.23. The van der Waals surface area contributed by atoms with Crippen LogP contribution in [0.2, 0.25) is 0 Å². The fraction of sp³-hybridized carbons (Fsp3) is 0.133. The molecule has 126 valence electrons. The molecule has 0 unspecified atom stereocenters. The Bertz CT molecular complexity index is 910. The van der Waals surface area contributed by atoms with Crippen molar-refractivity contribution >= 4 is 43.0 Å². The number of nitro groups is 1. The molecule has 0 fully saturated rings. The van der Waals surface area contributed by atoms with Gasteiger partial charge in [0.15, 0.2) is 0 Å². The van der Waals surface area contributed by atoms with Crippen LogP contribution in [0.1, 0.15) is 6.92 Å². The number of carbonyl (C=O) groups is 1. The van der Waals surface area contributed by atoms with Gasteiger partial charge in [-0.15, -0.1) is 0 Å². The SMILES string of the molecule is CC(=O)N(C)c1cc(Br)cc(S(=O)(=O)c2ccc([N+](=O)[O-])cc2)c1. The van der Waals surface area contributed by atoms with Gasteiger partial charge in [0.05, 0.1) is 14.7 Å². The Labute approximate surface area is 147 Å². The molecular formula is C15H13BrN2O5S. The van der Waals surface area contributed by atoms with Gasteiger partial charge in [0.25, 0.3) is 5.69 Å². The van der Waals surface area contributed by atoms with Crippen molar-refractivity contribution in [3.8, 4) is 0 Å². The second-order valence-corrected chi connectivity index (χ2v) is 7.84. The van der Waals surface area contributed by atoms with Gasteiger partial charge in [-0.2, -0.15) is 0 Å². The maximum Gasteiger partial charge on any atom is 0.269 e. The highest BCUT2D eigenvalue weighted by molar-refractivity contribution is 9.10. The number of halogens is 1. The zero-order chi connectivity index (χ0) is 18.1. The lowest BCUT2D eigenvalue weighted by molar-refractivity contribution is -0.384. The van der Waals surface area contributed by atoms with E-state index in [0.717, 1.165) is 12.1 Å². The van der Waals surface area contributed by atoms with Gasteiger partial charge in [-0.1, -0.05) is 15.9 Å². The van der Waals surface area contributed by atoms with Crippen LogP contribution in [0.3, 0.4) is 0 Å². The molecule has 0 aliphatic rings. The van der Waals surface area contributed by atoms with Crippen LogP contribution in [0.4, 0.5) is 11.4 Å². The third kappa shape index (κ3) is 3.62. The van der Waals surface area contributed by atoms with Gasteiger partial charge < -0.3 is 4.90 Å². The minimum atomic E-state index is -3.88. The zero-order valence-electron chi connectivity index (χ0n) is 12.8. The molecule has 0 N–H and O–H groups in total. The van der Waals surface area contributed by atoms with Crippen molar-refractivity contribution in [2.24, 2.45) is 0 Å². The molecule has 0 heterocycles. The van der Waals surface area contributed by atoms with Crippen LogP contribution in [0, 0.1) is 10.1 Å². The first-order chi connectivity index (χ1) is 11.1. The summed E-state index contributed by atoms with van der Waals surface area (Å²) < 4.78 is 25.9. The maximum absolute atomic E-state index is 12.7. The number of amides is 1. The Balaban J connectivity index is 2.53. The van der Waals surface area contributed by atoms with E-state index in [4.69, 9.17) is 0 Å². The van der Waals surface area contributed by atoms with Gasteiger partial charge >= 0.3 is 0 Å². The molecule has 0 bridgehead atoms. The highest BCUT2D eigenvalue weighted by Crippen LogP contribution is 2.29. The van der Waals surface area contributed by atoms with Crippen molar-refractivity contribution in [1.29, 1.82) is 0 Å².